The Kier molecular flexibility index (Phi) is 4.57. The highest BCUT2D eigenvalue weighted by molar-refractivity contribution is 5.94. The van der Waals surface area contributed by atoms with E-state index in [1.54, 1.807) is 12.0 Å². The maximum absolute atomic E-state index is 12.6. The fourth-order valence-corrected chi connectivity index (χ4v) is 3.57. The molecule has 1 aromatic carbocycles. The number of likely N-dealkylation sites (tertiary alicyclic amines) is 1. The summed E-state index contributed by atoms with van der Waals surface area (Å²) in [6.07, 6.45) is -2.05. The number of carbonyl (C=O) groups is 1. The van der Waals surface area contributed by atoms with Crippen LogP contribution in [0.15, 0.2) is 24.3 Å². The molecule has 0 unspecified atom stereocenters. The zero-order chi connectivity index (χ0) is 17.4. The van der Waals surface area contributed by atoms with E-state index in [4.69, 9.17) is 9.47 Å². The lowest BCUT2D eigenvalue weighted by Crippen LogP contribution is -2.57. The molecule has 132 valence electrons. The van der Waals surface area contributed by atoms with E-state index in [-0.39, 0.29) is 23.2 Å². The van der Waals surface area contributed by atoms with Gasteiger partial charge in [0.25, 0.3) is 5.91 Å². The molecule has 24 heavy (non-hydrogen) atoms. The van der Waals surface area contributed by atoms with E-state index < -0.39 is 11.7 Å². The van der Waals surface area contributed by atoms with Gasteiger partial charge in [-0.25, -0.2) is 0 Å². The molecule has 1 aromatic rings. The van der Waals surface area contributed by atoms with Crippen LogP contribution in [-0.4, -0.2) is 49.3 Å². The van der Waals surface area contributed by atoms with Gasteiger partial charge >= 0.3 is 6.18 Å². The van der Waals surface area contributed by atoms with Gasteiger partial charge in [-0.3, -0.25) is 4.79 Å². The predicted molar refractivity (Wildman–Crippen MR) is 80.7 cm³/mol. The summed E-state index contributed by atoms with van der Waals surface area (Å²) in [4.78, 5) is 14.2. The van der Waals surface area contributed by atoms with E-state index in [9.17, 15) is 18.0 Å². The number of hydrogen-bond donors (Lipinski definition) is 0. The molecule has 0 radical (unpaired) electrons. The van der Waals surface area contributed by atoms with E-state index in [0.717, 1.165) is 25.0 Å². The van der Waals surface area contributed by atoms with E-state index >= 15 is 0 Å². The number of nitrogens with zero attached hydrogens (tertiary/aromatic N) is 1. The van der Waals surface area contributed by atoms with Crippen LogP contribution in [0.25, 0.3) is 0 Å². The van der Waals surface area contributed by atoms with Crippen LogP contribution in [0.3, 0.4) is 0 Å². The Balaban J connectivity index is 1.72. The van der Waals surface area contributed by atoms with Crippen molar-refractivity contribution in [3.05, 3.63) is 35.4 Å². The lowest BCUT2D eigenvalue weighted by Gasteiger charge is -2.44. The number of carbonyl (C=O) groups excluding carboxylic acids is 1. The molecule has 2 aliphatic rings. The number of rotatable bonds is 2. The first-order valence-corrected chi connectivity index (χ1v) is 7.99. The number of ether oxygens (including phenoxy) is 2. The first-order chi connectivity index (χ1) is 11.4. The molecule has 0 N–H and O–H groups in total. The lowest BCUT2D eigenvalue weighted by molar-refractivity contribution is -0.137. The van der Waals surface area contributed by atoms with Crippen LogP contribution in [0, 0.1) is 0 Å². The van der Waals surface area contributed by atoms with Crippen molar-refractivity contribution in [3.8, 4) is 0 Å². The Morgan fingerprint density at radius 3 is 2.54 bits per heavy atom. The Morgan fingerprint density at radius 2 is 2.00 bits per heavy atom. The third-order valence-corrected chi connectivity index (χ3v) is 4.94. The van der Waals surface area contributed by atoms with Gasteiger partial charge in [-0.05, 0) is 43.5 Å². The molecule has 1 amide bonds. The van der Waals surface area contributed by atoms with Crippen LogP contribution in [-0.2, 0) is 15.7 Å². The Bertz CT molecular complexity index is 594. The Hall–Kier alpha value is -1.60. The Labute approximate surface area is 138 Å². The molecule has 0 bridgehead atoms. The normalized spacial score (nSPS) is 27.7. The first kappa shape index (κ1) is 17.2. The number of alkyl halides is 3. The highest BCUT2D eigenvalue weighted by Crippen LogP contribution is 2.37. The number of halogens is 3. The minimum atomic E-state index is -4.40. The van der Waals surface area contributed by atoms with Crippen molar-refractivity contribution in [3.63, 3.8) is 0 Å². The van der Waals surface area contributed by atoms with Crippen LogP contribution >= 0.6 is 0 Å². The van der Waals surface area contributed by atoms with Crippen molar-refractivity contribution in [2.75, 3.05) is 26.8 Å². The summed E-state index contributed by atoms with van der Waals surface area (Å²) in [7, 11) is 1.60. The van der Waals surface area contributed by atoms with Gasteiger partial charge in [-0.1, -0.05) is 0 Å². The molecule has 2 fully saturated rings. The maximum Gasteiger partial charge on any atom is 0.416 e. The summed E-state index contributed by atoms with van der Waals surface area (Å²) < 4.78 is 49.3. The van der Waals surface area contributed by atoms with Crippen molar-refractivity contribution in [2.45, 2.75) is 37.1 Å². The molecule has 1 spiro atoms. The quantitative estimate of drug-likeness (QED) is 0.828. The van der Waals surface area contributed by atoms with Gasteiger partial charge in [0.2, 0.25) is 0 Å². The molecule has 2 saturated heterocycles. The summed E-state index contributed by atoms with van der Waals surface area (Å²) in [6, 6.07) is 4.33. The van der Waals surface area contributed by atoms with Gasteiger partial charge < -0.3 is 14.4 Å². The molecule has 3 rings (SSSR count). The SMILES string of the molecule is CO[C@H]1CN(C(=O)c2ccc(C(F)(F)F)cc2)CC[C@@]12CCCO2. The van der Waals surface area contributed by atoms with Crippen LogP contribution in [0.1, 0.15) is 35.2 Å². The van der Waals surface area contributed by atoms with Gasteiger partial charge in [0.05, 0.1) is 11.2 Å². The zero-order valence-corrected chi connectivity index (χ0v) is 13.4. The van der Waals surface area contributed by atoms with Gasteiger partial charge in [0, 0.05) is 32.4 Å². The maximum atomic E-state index is 12.6. The predicted octanol–water partition coefficient (Wildman–Crippen LogP) is 3.12. The van der Waals surface area contributed by atoms with Crippen LogP contribution in [0.5, 0.6) is 0 Å². The topological polar surface area (TPSA) is 38.8 Å². The lowest BCUT2D eigenvalue weighted by atomic mass is 9.85. The average molecular weight is 343 g/mol. The largest absolute Gasteiger partial charge is 0.416 e. The zero-order valence-electron chi connectivity index (χ0n) is 13.4. The molecule has 2 aliphatic heterocycles. The molecule has 2 atom stereocenters. The monoisotopic (exact) mass is 343 g/mol. The molecule has 0 aromatic heterocycles. The minimum absolute atomic E-state index is 0.216. The third-order valence-electron chi connectivity index (χ3n) is 4.94. The van der Waals surface area contributed by atoms with Crippen LogP contribution in [0.2, 0.25) is 0 Å². The van der Waals surface area contributed by atoms with Crippen molar-refractivity contribution in [1.82, 2.24) is 4.90 Å². The second-order valence-corrected chi connectivity index (χ2v) is 6.32. The van der Waals surface area contributed by atoms with E-state index in [1.165, 1.54) is 12.1 Å². The fourth-order valence-electron chi connectivity index (χ4n) is 3.57. The van der Waals surface area contributed by atoms with Crippen LogP contribution < -0.4 is 0 Å². The molecule has 0 aliphatic carbocycles. The van der Waals surface area contributed by atoms with Crippen molar-refractivity contribution >= 4 is 5.91 Å². The molecular formula is C17H20F3NO3. The van der Waals surface area contributed by atoms with Gasteiger partial charge in [-0.15, -0.1) is 0 Å². The third kappa shape index (κ3) is 3.15. The summed E-state index contributed by atoms with van der Waals surface area (Å²) in [5, 5.41) is 0. The van der Waals surface area contributed by atoms with E-state index in [1.807, 2.05) is 0 Å². The van der Waals surface area contributed by atoms with Gasteiger partial charge in [-0.2, -0.15) is 13.2 Å². The van der Waals surface area contributed by atoms with Gasteiger partial charge in [0.1, 0.15) is 6.10 Å². The molecule has 4 nitrogen and oxygen atoms in total. The molecule has 0 saturated carbocycles. The van der Waals surface area contributed by atoms with Crippen LogP contribution in [0.4, 0.5) is 13.2 Å². The summed E-state index contributed by atoms with van der Waals surface area (Å²) >= 11 is 0. The molecule has 2 heterocycles. The number of methoxy groups -OCH3 is 1. The number of amides is 1. The summed E-state index contributed by atoms with van der Waals surface area (Å²) in [5.41, 5.74) is -0.835. The van der Waals surface area contributed by atoms with Crippen molar-refractivity contribution in [1.29, 1.82) is 0 Å². The standard InChI is InChI=1S/C17H20F3NO3/c1-23-14-11-21(9-8-16(14)7-2-10-24-16)15(22)12-3-5-13(6-4-12)17(18,19)20/h3-6,14H,2,7-11H2,1H3/t14-,16-/m0/s1. The highest BCUT2D eigenvalue weighted by atomic mass is 19.4. The highest BCUT2D eigenvalue weighted by Gasteiger charge is 2.47. The molecule has 7 heteroatoms. The van der Waals surface area contributed by atoms with Crippen molar-refractivity contribution in [2.24, 2.45) is 0 Å². The number of hydrogen-bond acceptors (Lipinski definition) is 3. The second kappa shape index (κ2) is 6.37. The number of benzene rings is 1. The van der Waals surface area contributed by atoms with E-state index in [2.05, 4.69) is 0 Å². The minimum Gasteiger partial charge on any atom is -0.377 e. The summed E-state index contributed by atoms with van der Waals surface area (Å²) in [5.74, 6) is -0.279. The summed E-state index contributed by atoms with van der Waals surface area (Å²) in [6.45, 7) is 1.60. The number of piperidine rings is 1. The Morgan fingerprint density at radius 1 is 1.29 bits per heavy atom. The van der Waals surface area contributed by atoms with Crippen molar-refractivity contribution < 1.29 is 27.4 Å². The smallest absolute Gasteiger partial charge is 0.377 e. The average Bonchev–Trinajstić information content (AvgIpc) is 3.03. The molecular weight excluding hydrogens is 323 g/mol. The fraction of sp³-hybridized carbons (Fsp3) is 0.588. The van der Waals surface area contributed by atoms with E-state index in [0.29, 0.717) is 26.1 Å². The first-order valence-electron chi connectivity index (χ1n) is 7.99. The van der Waals surface area contributed by atoms with Gasteiger partial charge in [0.15, 0.2) is 0 Å². The second-order valence-electron chi connectivity index (χ2n) is 6.32.